The number of hydrogen-bond donors (Lipinski definition) is 0. The molecule has 1 unspecified atom stereocenters. The van der Waals surface area contributed by atoms with Crippen LogP contribution in [0, 0.1) is 5.92 Å². The van der Waals surface area contributed by atoms with Crippen molar-refractivity contribution >= 4 is 37.7 Å². The minimum atomic E-state index is -4.58. The molecule has 9 heteroatoms. The van der Waals surface area contributed by atoms with E-state index in [0.29, 0.717) is 16.0 Å². The number of rotatable bonds is 4. The maximum Gasteiger partial charge on any atom is 0.302 e. The van der Waals surface area contributed by atoms with Crippen LogP contribution in [0.5, 0.6) is 5.88 Å². The molecule has 0 bridgehead atoms. The first kappa shape index (κ1) is 15.2. The van der Waals surface area contributed by atoms with Gasteiger partial charge >= 0.3 is 10.2 Å². The second-order valence-electron chi connectivity index (χ2n) is 4.46. The van der Waals surface area contributed by atoms with Crippen LogP contribution >= 0.6 is 15.9 Å². The molecule has 0 spiro atoms. The molecule has 1 saturated heterocycles. The molecule has 0 radical (unpaired) electrons. The van der Waals surface area contributed by atoms with Crippen molar-refractivity contribution in [2.75, 3.05) is 24.3 Å². The van der Waals surface area contributed by atoms with E-state index in [0.717, 1.165) is 0 Å². The summed E-state index contributed by atoms with van der Waals surface area (Å²) in [5.74, 6) is -1.06. The Morgan fingerprint density at radius 3 is 2.85 bits per heavy atom. The Labute approximate surface area is 124 Å². The Bertz CT molecular complexity index is 637. The van der Waals surface area contributed by atoms with Gasteiger partial charge in [-0.15, -0.1) is 3.89 Å². The summed E-state index contributed by atoms with van der Waals surface area (Å²) in [5, 5.41) is 0. The molecule has 1 atom stereocenters. The highest BCUT2D eigenvalue weighted by atomic mass is 79.9. The molecule has 1 aromatic heterocycles. The van der Waals surface area contributed by atoms with Crippen LogP contribution in [0.15, 0.2) is 16.7 Å². The third kappa shape index (κ3) is 3.45. The lowest BCUT2D eigenvalue weighted by Crippen LogP contribution is -2.25. The van der Waals surface area contributed by atoms with Gasteiger partial charge < -0.3 is 9.64 Å². The van der Waals surface area contributed by atoms with Crippen LogP contribution in [-0.4, -0.2) is 38.7 Å². The van der Waals surface area contributed by atoms with Crippen LogP contribution in [0.1, 0.15) is 6.42 Å². The lowest BCUT2D eigenvalue weighted by molar-refractivity contribution is -0.117. The minimum Gasteiger partial charge on any atom is -0.480 e. The molecule has 2 heterocycles. The maximum atomic E-state index is 12.7. The smallest absolute Gasteiger partial charge is 0.302 e. The summed E-state index contributed by atoms with van der Waals surface area (Å²) in [6.45, 7) is 0.155. The Kier molecular flexibility index (Phi) is 4.28. The summed E-state index contributed by atoms with van der Waals surface area (Å²) in [6, 6.07) is 1.65. The molecule has 2 rings (SSSR count). The number of pyridine rings is 1. The number of halogens is 2. The van der Waals surface area contributed by atoms with Crippen LogP contribution in [0.25, 0.3) is 0 Å². The van der Waals surface area contributed by atoms with Crippen molar-refractivity contribution in [3.63, 3.8) is 0 Å². The first-order valence-electron chi connectivity index (χ1n) is 5.72. The molecule has 1 aromatic rings. The molecule has 0 aliphatic carbocycles. The monoisotopic (exact) mass is 366 g/mol. The molecule has 0 saturated carbocycles. The second-order valence-corrected chi connectivity index (χ2v) is 6.73. The second kappa shape index (κ2) is 5.65. The van der Waals surface area contributed by atoms with Gasteiger partial charge in [-0.1, -0.05) is 0 Å². The van der Waals surface area contributed by atoms with Crippen molar-refractivity contribution in [2.24, 2.45) is 5.92 Å². The SMILES string of the molecule is COc1ncc(N2CC(CS(=O)(=O)F)CC2=O)cc1Br. The van der Waals surface area contributed by atoms with Gasteiger partial charge in [0, 0.05) is 18.9 Å². The average molecular weight is 367 g/mol. The summed E-state index contributed by atoms with van der Waals surface area (Å²) in [4.78, 5) is 17.3. The van der Waals surface area contributed by atoms with E-state index in [1.165, 1.54) is 18.2 Å². The van der Waals surface area contributed by atoms with Gasteiger partial charge in [-0.05, 0) is 22.0 Å². The Morgan fingerprint density at radius 1 is 1.60 bits per heavy atom. The highest BCUT2D eigenvalue weighted by Gasteiger charge is 2.34. The zero-order valence-corrected chi connectivity index (χ0v) is 12.9. The quantitative estimate of drug-likeness (QED) is 0.754. The predicted octanol–water partition coefficient (Wildman–Crippen LogP) is 1.50. The summed E-state index contributed by atoms with van der Waals surface area (Å²) in [6.07, 6.45) is 1.46. The lowest BCUT2D eigenvalue weighted by Gasteiger charge is -2.17. The predicted molar refractivity (Wildman–Crippen MR) is 73.8 cm³/mol. The van der Waals surface area contributed by atoms with Gasteiger partial charge in [0.05, 0.1) is 29.2 Å². The van der Waals surface area contributed by atoms with E-state index in [9.17, 15) is 17.1 Å². The molecule has 1 aliphatic rings. The van der Waals surface area contributed by atoms with Crippen molar-refractivity contribution < 1.29 is 21.8 Å². The van der Waals surface area contributed by atoms with Gasteiger partial charge in [-0.25, -0.2) is 4.98 Å². The molecule has 1 aliphatic heterocycles. The van der Waals surface area contributed by atoms with Gasteiger partial charge in [0.2, 0.25) is 11.8 Å². The number of anilines is 1. The number of aromatic nitrogens is 1. The van der Waals surface area contributed by atoms with E-state index in [-0.39, 0.29) is 18.9 Å². The molecule has 0 N–H and O–H groups in total. The Hall–Kier alpha value is -1.22. The summed E-state index contributed by atoms with van der Waals surface area (Å²) in [7, 11) is -3.11. The Morgan fingerprint density at radius 2 is 2.30 bits per heavy atom. The summed E-state index contributed by atoms with van der Waals surface area (Å²) in [5.41, 5.74) is 0.515. The Balaban J connectivity index is 2.18. The molecule has 0 aromatic carbocycles. The number of nitrogens with zero attached hydrogens (tertiary/aromatic N) is 2. The molecular weight excluding hydrogens is 355 g/mol. The highest BCUT2D eigenvalue weighted by Crippen LogP contribution is 2.31. The van der Waals surface area contributed by atoms with Crippen molar-refractivity contribution in [1.82, 2.24) is 4.98 Å². The normalized spacial score (nSPS) is 19.4. The molecular formula is C11H12BrFN2O4S. The number of ether oxygens (including phenoxy) is 1. The third-order valence-electron chi connectivity index (χ3n) is 2.94. The molecule has 1 fully saturated rings. The average Bonchev–Trinajstić information content (AvgIpc) is 2.67. The third-order valence-corrected chi connectivity index (χ3v) is 4.38. The number of carbonyl (C=O) groups is 1. The fraction of sp³-hybridized carbons (Fsp3) is 0.455. The zero-order chi connectivity index (χ0) is 14.9. The lowest BCUT2D eigenvalue weighted by atomic mass is 10.1. The van der Waals surface area contributed by atoms with Crippen molar-refractivity contribution in [3.8, 4) is 5.88 Å². The van der Waals surface area contributed by atoms with Crippen LogP contribution < -0.4 is 9.64 Å². The van der Waals surface area contributed by atoms with E-state index in [4.69, 9.17) is 4.74 Å². The largest absolute Gasteiger partial charge is 0.480 e. The zero-order valence-electron chi connectivity index (χ0n) is 10.5. The number of methoxy groups -OCH3 is 1. The summed E-state index contributed by atoms with van der Waals surface area (Å²) < 4.78 is 39.5. The first-order valence-corrected chi connectivity index (χ1v) is 8.07. The van der Waals surface area contributed by atoms with E-state index in [1.807, 2.05) is 0 Å². The highest BCUT2D eigenvalue weighted by molar-refractivity contribution is 9.10. The summed E-state index contributed by atoms with van der Waals surface area (Å²) >= 11 is 3.26. The van der Waals surface area contributed by atoms with E-state index in [1.54, 1.807) is 6.07 Å². The number of hydrogen-bond acceptors (Lipinski definition) is 5. The standard InChI is InChI=1S/C11H12BrFN2O4S/c1-19-11-9(12)3-8(4-14-11)15-5-7(2-10(15)16)6-20(13,17)18/h3-4,7H,2,5-6H2,1H3. The van der Waals surface area contributed by atoms with E-state index in [2.05, 4.69) is 20.9 Å². The van der Waals surface area contributed by atoms with Crippen molar-refractivity contribution in [2.45, 2.75) is 6.42 Å². The fourth-order valence-electron chi connectivity index (χ4n) is 2.14. The molecule has 6 nitrogen and oxygen atoms in total. The van der Waals surface area contributed by atoms with E-state index >= 15 is 0 Å². The first-order chi connectivity index (χ1) is 9.30. The fourth-order valence-corrected chi connectivity index (χ4v) is 3.42. The molecule has 110 valence electrons. The van der Waals surface area contributed by atoms with Crippen LogP contribution in [0.2, 0.25) is 0 Å². The van der Waals surface area contributed by atoms with Crippen molar-refractivity contribution in [1.29, 1.82) is 0 Å². The molecule has 1 amide bonds. The van der Waals surface area contributed by atoms with Gasteiger partial charge in [0.1, 0.15) is 0 Å². The topological polar surface area (TPSA) is 76.6 Å². The van der Waals surface area contributed by atoms with Crippen LogP contribution in [0.4, 0.5) is 9.57 Å². The molecule has 20 heavy (non-hydrogen) atoms. The number of amides is 1. The van der Waals surface area contributed by atoms with Crippen LogP contribution in [0.3, 0.4) is 0 Å². The van der Waals surface area contributed by atoms with Gasteiger partial charge in [-0.2, -0.15) is 8.42 Å². The van der Waals surface area contributed by atoms with Gasteiger partial charge in [-0.3, -0.25) is 4.79 Å². The van der Waals surface area contributed by atoms with Gasteiger partial charge in [0.15, 0.2) is 0 Å². The van der Waals surface area contributed by atoms with Crippen LogP contribution in [-0.2, 0) is 15.0 Å². The van der Waals surface area contributed by atoms with Crippen molar-refractivity contribution in [3.05, 3.63) is 16.7 Å². The maximum absolute atomic E-state index is 12.7. The number of carbonyl (C=O) groups excluding carboxylic acids is 1. The van der Waals surface area contributed by atoms with Gasteiger partial charge in [0.25, 0.3) is 0 Å². The minimum absolute atomic E-state index is 0.00674. The van der Waals surface area contributed by atoms with E-state index < -0.39 is 21.9 Å².